The van der Waals surface area contributed by atoms with Crippen molar-refractivity contribution >= 4 is 80.4 Å². The molecule has 0 aliphatic heterocycles. The van der Waals surface area contributed by atoms with Gasteiger partial charge >= 0.3 is 67.5 Å². The molecule has 0 aromatic rings. The molecule has 0 aliphatic rings. The second kappa shape index (κ2) is 11.0. The second-order valence-electron chi connectivity index (χ2n) is 0.502. The van der Waals surface area contributed by atoms with Gasteiger partial charge in [-0.2, -0.15) is 0 Å². The van der Waals surface area contributed by atoms with Gasteiger partial charge in [-0.3, -0.25) is 0 Å². The first-order valence-corrected chi connectivity index (χ1v) is 9.08. The molecule has 0 aromatic carbocycles. The molecule has 4 radical (unpaired) electrons. The van der Waals surface area contributed by atoms with Crippen molar-refractivity contribution in [2.75, 3.05) is 0 Å². The normalized spacial score (nSPS) is 7.78. The van der Waals surface area contributed by atoms with Crippen LogP contribution in [-0.2, 0) is 25.6 Å². The van der Waals surface area contributed by atoms with E-state index in [1.807, 2.05) is 14.2 Å². The first-order valence-electron chi connectivity index (χ1n) is 0.865. The van der Waals surface area contributed by atoms with Gasteiger partial charge in [0.05, 0.1) is 0 Å². The summed E-state index contributed by atoms with van der Waals surface area (Å²) in [6.07, 6.45) is 0. The van der Waals surface area contributed by atoms with E-state index in [4.69, 9.17) is 4.55 Å². The third-order valence-corrected chi connectivity index (χ3v) is 7.63. The Morgan fingerprint density at radius 3 is 1.56 bits per heavy atom. The fourth-order valence-corrected chi connectivity index (χ4v) is 0. The molecule has 0 aliphatic carbocycles. The molecule has 0 rings (SSSR count). The molecule has 58 valence electrons. The molecule has 1 N–H and O–H groups in total. The number of rotatable bonds is 1. The maximum Gasteiger partial charge on any atom is 0 e. The van der Waals surface area contributed by atoms with Gasteiger partial charge < -0.3 is 0 Å². The van der Waals surface area contributed by atoms with E-state index in [1.165, 1.54) is 0 Å². The molecule has 0 saturated heterocycles. The van der Waals surface area contributed by atoms with Crippen LogP contribution in [0, 0.1) is 0 Å². The molecule has 9 heteroatoms. The predicted molar refractivity (Wildman–Crippen MR) is 40.1 cm³/mol. The third kappa shape index (κ3) is 24.8. The standard InChI is InChI=1S/Cu.Ga.In.H2O3SSe2.3H/c;;;1-4(2,3)6-5;;;/h;;;5H,(H,1,2,3);;;. The van der Waals surface area contributed by atoms with Crippen molar-refractivity contribution < 1.29 is 30.0 Å². The van der Waals surface area contributed by atoms with Crippen LogP contribution in [0.1, 0.15) is 0 Å². The van der Waals surface area contributed by atoms with Crippen LogP contribution in [0.4, 0.5) is 0 Å². The minimum atomic E-state index is -3.63. The van der Waals surface area contributed by atoms with Crippen molar-refractivity contribution in [2.24, 2.45) is 0 Å². The summed E-state index contributed by atoms with van der Waals surface area (Å²) in [5, 5.41) is 0. The van der Waals surface area contributed by atoms with Crippen LogP contribution in [0.3, 0.4) is 0 Å². The first-order chi connectivity index (χ1) is 2.56. The van der Waals surface area contributed by atoms with Crippen LogP contribution in [0.5, 0.6) is 0 Å². The molecule has 0 spiro atoms. The summed E-state index contributed by atoms with van der Waals surface area (Å²) in [5.41, 5.74) is 0. The molecule has 0 heterocycles. The van der Waals surface area contributed by atoms with E-state index in [2.05, 4.69) is 0 Å². The summed E-state index contributed by atoms with van der Waals surface area (Å²) >= 11 is 1.10. The summed E-state index contributed by atoms with van der Waals surface area (Å²) in [6.45, 7) is 0. The zero-order chi connectivity index (χ0) is 5.21. The Bertz CT molecular complexity index is 124. The first kappa shape index (κ1) is 22.7. The van der Waals surface area contributed by atoms with Crippen LogP contribution in [-0.4, -0.2) is 84.8 Å². The molecule has 0 fully saturated rings. The average molecular weight is 491 g/mol. The van der Waals surface area contributed by atoms with Crippen molar-refractivity contribution in [2.45, 2.75) is 0 Å². The summed E-state index contributed by atoms with van der Waals surface area (Å²) in [5.74, 6) is 0. The van der Waals surface area contributed by atoms with E-state index in [1.54, 1.807) is 0 Å². The van der Waals surface area contributed by atoms with Crippen molar-refractivity contribution in [3.8, 4) is 0 Å². The van der Waals surface area contributed by atoms with Gasteiger partial charge in [0, 0.05) is 42.9 Å². The van der Waals surface area contributed by atoms with E-state index in [0.29, 0.717) is 0 Å². The summed E-state index contributed by atoms with van der Waals surface area (Å²) in [6, 6.07) is 0. The van der Waals surface area contributed by atoms with Gasteiger partial charge in [0.2, 0.25) is 0 Å². The van der Waals surface area contributed by atoms with Gasteiger partial charge in [0.15, 0.2) is 0 Å². The number of hydrogen-bond donors (Lipinski definition) is 1. The van der Waals surface area contributed by atoms with Crippen LogP contribution in [0.2, 0.25) is 0 Å². The van der Waals surface area contributed by atoms with Crippen LogP contribution < -0.4 is 0 Å². The Kier molecular flexibility index (Phi) is 27.7. The Hall–Kier alpha value is 2.97. The van der Waals surface area contributed by atoms with Crippen molar-refractivity contribution in [1.29, 1.82) is 0 Å². The Labute approximate surface area is 109 Å². The monoisotopic (exact) mass is 492 g/mol. The molecule has 0 aromatic heterocycles. The zero-order valence-corrected chi connectivity index (χ0v) is 12.0. The van der Waals surface area contributed by atoms with Crippen LogP contribution in [0.15, 0.2) is 0 Å². The van der Waals surface area contributed by atoms with Gasteiger partial charge in [-0.05, 0) is 0 Å². The van der Waals surface area contributed by atoms with Crippen molar-refractivity contribution in [3.05, 3.63) is 0 Å². The summed E-state index contributed by atoms with van der Waals surface area (Å²) < 4.78 is 26.9. The number of hydrogen-bond acceptors (Lipinski definition) is 2. The van der Waals surface area contributed by atoms with Crippen LogP contribution in [0.25, 0.3) is 0 Å². The molecule has 0 bridgehead atoms. The molecule has 0 atom stereocenters. The summed E-state index contributed by atoms with van der Waals surface area (Å²) in [7, 11) is -3.63. The maximum absolute atomic E-state index is 9.57. The Morgan fingerprint density at radius 1 is 1.44 bits per heavy atom. The molecular weight excluding hydrogens is 486 g/mol. The van der Waals surface area contributed by atoms with Gasteiger partial charge in [0.1, 0.15) is 0 Å². The molecule has 3 nitrogen and oxygen atoms in total. The van der Waals surface area contributed by atoms with Gasteiger partial charge in [-0.1, -0.05) is 0 Å². The van der Waals surface area contributed by atoms with E-state index >= 15 is 0 Å². The Morgan fingerprint density at radius 2 is 1.56 bits per heavy atom. The third-order valence-electron chi connectivity index (χ3n) is 0.0942. The topological polar surface area (TPSA) is 54.4 Å². The van der Waals surface area contributed by atoms with Crippen molar-refractivity contribution in [3.63, 3.8) is 0 Å². The minimum Gasteiger partial charge on any atom is 0 e. The zero-order valence-electron chi connectivity index (χ0n) is 3.41. The summed E-state index contributed by atoms with van der Waals surface area (Å²) in [4.78, 5) is 0. The quantitative estimate of drug-likeness (QED) is 0.310. The molecule has 0 unspecified atom stereocenters. The van der Waals surface area contributed by atoms with Gasteiger partial charge in [-0.25, -0.2) is 0 Å². The van der Waals surface area contributed by atoms with E-state index < -0.39 is 20.5 Å². The fourth-order valence-electron chi connectivity index (χ4n) is 0. The fraction of sp³-hybridized carbons (Fsp3) is 0. The van der Waals surface area contributed by atoms with Crippen molar-refractivity contribution in [1.82, 2.24) is 0 Å². The molecule has 0 amide bonds. The van der Waals surface area contributed by atoms with Gasteiger partial charge in [0.25, 0.3) is 0 Å². The molecular formula is H5CuGaInO3SSe2. The average Bonchev–Trinajstić information content (AvgIpc) is 1.35. The minimum absolute atomic E-state index is 0. The molecule has 9 heavy (non-hydrogen) atoms. The SMILES string of the molecule is O=S(=O)(O)[Se][SeH].[Cu].[GaH3].[In]. The molecule has 0 saturated carbocycles. The van der Waals surface area contributed by atoms with E-state index in [0.717, 1.165) is 0 Å². The van der Waals surface area contributed by atoms with E-state index in [-0.39, 0.29) is 62.7 Å². The second-order valence-corrected chi connectivity index (χ2v) is 9.97. The maximum atomic E-state index is 9.57. The predicted octanol–water partition coefficient (Wildman–Crippen LogP) is -3.26. The Balaban J connectivity index is -0.0000000417. The van der Waals surface area contributed by atoms with Gasteiger partial charge in [-0.15, -0.1) is 0 Å². The smallest absolute Gasteiger partial charge is 0 e. The largest absolute Gasteiger partial charge is 0 e. The van der Waals surface area contributed by atoms with E-state index in [9.17, 15) is 8.42 Å². The van der Waals surface area contributed by atoms with Crippen LogP contribution >= 0.6 is 0 Å².